The maximum absolute atomic E-state index is 12.2. The summed E-state index contributed by atoms with van der Waals surface area (Å²) in [6.45, 7) is 3.86. The topological polar surface area (TPSA) is 56.5 Å². The zero-order chi connectivity index (χ0) is 11.7. The Balaban J connectivity index is 2.18. The second kappa shape index (κ2) is 4.52. The van der Waals surface area contributed by atoms with E-state index in [9.17, 15) is 4.79 Å². The van der Waals surface area contributed by atoms with Crippen LogP contribution in [0.5, 0.6) is 0 Å². The van der Waals surface area contributed by atoms with Crippen molar-refractivity contribution in [3.63, 3.8) is 0 Å². The standard InChI is InChI=1S/C12H21N3O/c1-8(2)12(16)15-10-6-4-3-5-9(10)7-11(15)14-13/h8-11,13H,3-7H2,1-2H3. The molecule has 1 aliphatic carbocycles. The minimum atomic E-state index is -0.178. The van der Waals surface area contributed by atoms with Crippen molar-refractivity contribution in [1.82, 2.24) is 4.90 Å². The van der Waals surface area contributed by atoms with Crippen molar-refractivity contribution in [3.8, 4) is 0 Å². The van der Waals surface area contributed by atoms with E-state index in [2.05, 4.69) is 5.11 Å². The summed E-state index contributed by atoms with van der Waals surface area (Å²) >= 11 is 0. The van der Waals surface area contributed by atoms with Crippen LogP contribution in [0.1, 0.15) is 46.0 Å². The van der Waals surface area contributed by atoms with Gasteiger partial charge in [-0.15, -0.1) is 0 Å². The summed E-state index contributed by atoms with van der Waals surface area (Å²) in [6, 6.07) is 0.364. The van der Waals surface area contributed by atoms with Crippen LogP contribution in [-0.4, -0.2) is 23.0 Å². The van der Waals surface area contributed by atoms with E-state index in [1.54, 1.807) is 0 Å². The maximum atomic E-state index is 12.2. The lowest BCUT2D eigenvalue weighted by Crippen LogP contribution is -2.44. The molecule has 4 nitrogen and oxygen atoms in total. The van der Waals surface area contributed by atoms with E-state index in [1.807, 2.05) is 18.7 Å². The molecule has 0 radical (unpaired) electrons. The summed E-state index contributed by atoms with van der Waals surface area (Å²) in [7, 11) is 0. The Kier molecular flexibility index (Phi) is 3.26. The first-order chi connectivity index (χ1) is 7.65. The number of carbonyl (C=O) groups is 1. The van der Waals surface area contributed by atoms with Crippen molar-refractivity contribution >= 4 is 5.91 Å². The summed E-state index contributed by atoms with van der Waals surface area (Å²) in [6.07, 6.45) is 5.53. The molecular weight excluding hydrogens is 202 g/mol. The molecule has 2 fully saturated rings. The second-order valence-electron chi connectivity index (χ2n) is 5.36. The van der Waals surface area contributed by atoms with Crippen molar-refractivity contribution in [2.24, 2.45) is 17.0 Å². The first-order valence-corrected chi connectivity index (χ1v) is 6.34. The highest BCUT2D eigenvalue weighted by atomic mass is 16.2. The molecule has 1 saturated carbocycles. The molecule has 1 heterocycles. The molecule has 2 aliphatic rings. The van der Waals surface area contributed by atoms with E-state index in [1.165, 1.54) is 19.3 Å². The van der Waals surface area contributed by atoms with E-state index in [0.717, 1.165) is 12.8 Å². The molecule has 3 atom stereocenters. The molecule has 1 aliphatic heterocycles. The molecule has 1 amide bonds. The Morgan fingerprint density at radius 1 is 1.38 bits per heavy atom. The molecule has 1 N–H and O–H groups in total. The summed E-state index contributed by atoms with van der Waals surface area (Å²) in [5.74, 6) is 0.788. The van der Waals surface area contributed by atoms with Crippen molar-refractivity contribution in [1.29, 1.82) is 5.53 Å². The number of rotatable bonds is 2. The number of hydrogen-bond donors (Lipinski definition) is 1. The van der Waals surface area contributed by atoms with Gasteiger partial charge in [0.25, 0.3) is 0 Å². The Labute approximate surface area is 96.9 Å². The van der Waals surface area contributed by atoms with Gasteiger partial charge in [-0.05, 0) is 25.2 Å². The SMILES string of the molecule is CC(C)C(=O)N1C(N=N)CC2CCCCC21. The predicted octanol–water partition coefficient (Wildman–Crippen LogP) is 2.79. The average Bonchev–Trinajstić information content (AvgIpc) is 2.66. The third-order valence-corrected chi connectivity index (χ3v) is 3.96. The van der Waals surface area contributed by atoms with Gasteiger partial charge in [0, 0.05) is 12.0 Å². The van der Waals surface area contributed by atoms with Gasteiger partial charge in [0.05, 0.1) is 0 Å². The first-order valence-electron chi connectivity index (χ1n) is 6.34. The number of nitrogens with one attached hydrogen (secondary N) is 1. The van der Waals surface area contributed by atoms with Crippen molar-refractivity contribution < 1.29 is 4.79 Å². The molecular formula is C12H21N3O. The number of nitrogens with zero attached hydrogens (tertiary/aromatic N) is 2. The molecule has 0 aromatic heterocycles. The number of hydrogen-bond acceptors (Lipinski definition) is 3. The molecule has 16 heavy (non-hydrogen) atoms. The molecule has 0 spiro atoms. The van der Waals surface area contributed by atoms with Crippen LogP contribution in [0.4, 0.5) is 0 Å². The smallest absolute Gasteiger partial charge is 0.227 e. The zero-order valence-corrected chi connectivity index (χ0v) is 10.1. The van der Waals surface area contributed by atoms with Gasteiger partial charge in [0.1, 0.15) is 6.17 Å². The lowest BCUT2D eigenvalue weighted by molar-refractivity contribution is -0.138. The molecule has 0 bridgehead atoms. The van der Waals surface area contributed by atoms with Crippen LogP contribution < -0.4 is 0 Å². The largest absolute Gasteiger partial charge is 0.315 e. The van der Waals surface area contributed by atoms with Crippen LogP contribution in [0.15, 0.2) is 5.11 Å². The molecule has 0 aromatic rings. The van der Waals surface area contributed by atoms with Gasteiger partial charge < -0.3 is 4.90 Å². The van der Waals surface area contributed by atoms with Crippen molar-refractivity contribution in [3.05, 3.63) is 0 Å². The highest BCUT2D eigenvalue weighted by Gasteiger charge is 2.44. The monoisotopic (exact) mass is 223 g/mol. The minimum absolute atomic E-state index is 0.0185. The quantitative estimate of drug-likeness (QED) is 0.719. The molecule has 90 valence electrons. The molecule has 1 saturated heterocycles. The summed E-state index contributed by atoms with van der Waals surface area (Å²) in [5.41, 5.74) is 7.25. The number of amides is 1. The van der Waals surface area contributed by atoms with Gasteiger partial charge in [-0.3, -0.25) is 4.79 Å². The van der Waals surface area contributed by atoms with E-state index in [0.29, 0.717) is 12.0 Å². The first kappa shape index (κ1) is 11.6. The fraction of sp³-hybridized carbons (Fsp3) is 0.917. The van der Waals surface area contributed by atoms with Crippen LogP contribution in [0.25, 0.3) is 0 Å². The highest BCUT2D eigenvalue weighted by molar-refractivity contribution is 5.79. The Morgan fingerprint density at radius 3 is 2.69 bits per heavy atom. The summed E-state index contributed by atoms with van der Waals surface area (Å²) in [5, 5.41) is 3.65. The summed E-state index contributed by atoms with van der Waals surface area (Å²) in [4.78, 5) is 14.1. The number of carbonyl (C=O) groups excluding carboxylic acids is 1. The van der Waals surface area contributed by atoms with E-state index < -0.39 is 0 Å². The minimum Gasteiger partial charge on any atom is -0.315 e. The zero-order valence-electron chi connectivity index (χ0n) is 10.1. The van der Waals surface area contributed by atoms with E-state index in [-0.39, 0.29) is 18.0 Å². The van der Waals surface area contributed by atoms with Crippen molar-refractivity contribution in [2.75, 3.05) is 0 Å². The van der Waals surface area contributed by atoms with E-state index >= 15 is 0 Å². The van der Waals surface area contributed by atoms with Gasteiger partial charge in [-0.2, -0.15) is 5.11 Å². The fourth-order valence-electron chi connectivity index (χ4n) is 3.16. The fourth-order valence-corrected chi connectivity index (χ4v) is 3.16. The van der Waals surface area contributed by atoms with Gasteiger partial charge >= 0.3 is 0 Å². The Morgan fingerprint density at radius 2 is 2.06 bits per heavy atom. The molecule has 0 aromatic carbocycles. The maximum Gasteiger partial charge on any atom is 0.227 e. The van der Waals surface area contributed by atoms with E-state index in [4.69, 9.17) is 5.53 Å². The third-order valence-electron chi connectivity index (χ3n) is 3.96. The normalized spacial score (nSPS) is 33.9. The Hall–Kier alpha value is -0.930. The second-order valence-corrected chi connectivity index (χ2v) is 5.36. The number of likely N-dealkylation sites (tertiary alicyclic amines) is 1. The van der Waals surface area contributed by atoms with Crippen LogP contribution in [-0.2, 0) is 4.79 Å². The molecule has 2 rings (SSSR count). The van der Waals surface area contributed by atoms with Gasteiger partial charge in [-0.25, -0.2) is 5.53 Å². The third kappa shape index (κ3) is 1.85. The predicted molar refractivity (Wildman–Crippen MR) is 61.0 cm³/mol. The Bertz CT molecular complexity index is 290. The average molecular weight is 223 g/mol. The highest BCUT2D eigenvalue weighted by Crippen LogP contribution is 2.40. The van der Waals surface area contributed by atoms with Crippen LogP contribution in [0.3, 0.4) is 0 Å². The van der Waals surface area contributed by atoms with Crippen LogP contribution in [0, 0.1) is 17.4 Å². The van der Waals surface area contributed by atoms with Gasteiger partial charge in [0.15, 0.2) is 0 Å². The molecule has 4 heteroatoms. The summed E-state index contributed by atoms with van der Waals surface area (Å²) < 4.78 is 0. The van der Waals surface area contributed by atoms with Gasteiger partial charge in [0.2, 0.25) is 5.91 Å². The van der Waals surface area contributed by atoms with Crippen molar-refractivity contribution in [2.45, 2.75) is 58.2 Å². The molecule has 3 unspecified atom stereocenters. The van der Waals surface area contributed by atoms with Crippen LogP contribution >= 0.6 is 0 Å². The van der Waals surface area contributed by atoms with Gasteiger partial charge in [-0.1, -0.05) is 26.7 Å². The number of fused-ring (bicyclic) bond motifs is 1. The lowest BCUT2D eigenvalue weighted by atomic mass is 9.85. The lowest BCUT2D eigenvalue weighted by Gasteiger charge is -2.33. The van der Waals surface area contributed by atoms with Crippen LogP contribution in [0.2, 0.25) is 0 Å².